The van der Waals surface area contributed by atoms with Crippen molar-refractivity contribution in [2.45, 2.75) is 78.1 Å². The molecular formula is C40H45BrN4Si. The Bertz CT molecular complexity index is 1900. The van der Waals surface area contributed by atoms with Gasteiger partial charge in [0.15, 0.2) is 0 Å². The first kappa shape index (κ1) is 32.2. The maximum absolute atomic E-state index is 5.00. The minimum atomic E-state index is -1.45. The van der Waals surface area contributed by atoms with Crippen LogP contribution in [0.25, 0.3) is 0 Å². The van der Waals surface area contributed by atoms with E-state index >= 15 is 0 Å². The van der Waals surface area contributed by atoms with Gasteiger partial charge in [-0.1, -0.05) is 81.4 Å². The van der Waals surface area contributed by atoms with Crippen LogP contribution in [0.1, 0.15) is 89.8 Å². The predicted molar refractivity (Wildman–Crippen MR) is 199 cm³/mol. The lowest BCUT2D eigenvalue weighted by molar-refractivity contribution is 0.320. The van der Waals surface area contributed by atoms with Crippen molar-refractivity contribution < 1.29 is 0 Å². The molecule has 2 aromatic carbocycles. The van der Waals surface area contributed by atoms with E-state index in [9.17, 15) is 0 Å². The minimum absolute atomic E-state index is 0.0163. The molecule has 3 aromatic heterocycles. The Balaban J connectivity index is 1.36. The molecule has 1 aliphatic rings. The largest absolute Gasteiger partial charge is 0.361 e. The van der Waals surface area contributed by atoms with Gasteiger partial charge in [-0.15, -0.1) is 5.54 Å². The van der Waals surface area contributed by atoms with Crippen LogP contribution in [0.5, 0.6) is 0 Å². The summed E-state index contributed by atoms with van der Waals surface area (Å²) < 4.78 is 0.971. The number of aromatic nitrogens is 3. The molecule has 6 rings (SSSR count). The van der Waals surface area contributed by atoms with Crippen LogP contribution in [0.2, 0.25) is 19.6 Å². The van der Waals surface area contributed by atoms with E-state index in [1.807, 2.05) is 0 Å². The van der Waals surface area contributed by atoms with Gasteiger partial charge in [-0.3, -0.25) is 4.99 Å². The fourth-order valence-corrected chi connectivity index (χ4v) is 7.57. The molecule has 236 valence electrons. The number of aromatic amines is 3. The first-order chi connectivity index (χ1) is 21.8. The van der Waals surface area contributed by atoms with Crippen molar-refractivity contribution in [3.05, 3.63) is 140 Å². The van der Waals surface area contributed by atoms with Gasteiger partial charge in [0.1, 0.15) is 8.07 Å². The average Bonchev–Trinajstić information content (AvgIpc) is 3.79. The zero-order valence-electron chi connectivity index (χ0n) is 28.1. The van der Waals surface area contributed by atoms with Gasteiger partial charge >= 0.3 is 0 Å². The zero-order valence-corrected chi connectivity index (χ0v) is 30.6. The van der Waals surface area contributed by atoms with Gasteiger partial charge in [-0.05, 0) is 101 Å². The third-order valence-corrected chi connectivity index (χ3v) is 10.4. The SMILES string of the molecule is CC1=NC(Cc2ccc(C(c3ccc(C)cc3)c3ccc(C(c4ccc(C#C[Si](C)(C)C)cc4)c4ccc(Br)[nH]4)[nH]3)[nH]2)C(C)(C)C1. The van der Waals surface area contributed by atoms with E-state index in [0.717, 1.165) is 40.1 Å². The molecule has 4 heterocycles. The number of halogens is 1. The second-order valence-electron chi connectivity index (χ2n) is 14.7. The number of H-pyrrole nitrogens is 3. The molecule has 4 nitrogen and oxygen atoms in total. The number of aliphatic imine (C=N–C) groups is 1. The number of hydrogen-bond donors (Lipinski definition) is 3. The Hall–Kier alpha value is -3.79. The second-order valence-corrected chi connectivity index (χ2v) is 20.3. The molecule has 6 heteroatoms. The summed E-state index contributed by atoms with van der Waals surface area (Å²) in [6.07, 6.45) is 1.98. The second kappa shape index (κ2) is 12.8. The van der Waals surface area contributed by atoms with Gasteiger partial charge in [0, 0.05) is 46.2 Å². The smallest absolute Gasteiger partial charge is 0.129 e. The molecule has 0 aliphatic carbocycles. The summed E-state index contributed by atoms with van der Waals surface area (Å²) in [7, 11) is -1.45. The molecule has 0 radical (unpaired) electrons. The van der Waals surface area contributed by atoms with E-state index in [4.69, 9.17) is 4.99 Å². The van der Waals surface area contributed by atoms with Gasteiger partial charge < -0.3 is 15.0 Å². The van der Waals surface area contributed by atoms with E-state index < -0.39 is 8.07 Å². The Kier molecular flexibility index (Phi) is 8.93. The molecule has 0 bridgehead atoms. The maximum Gasteiger partial charge on any atom is 0.129 e. The Labute approximate surface area is 283 Å². The van der Waals surface area contributed by atoms with Crippen LogP contribution in [-0.2, 0) is 6.42 Å². The summed E-state index contributed by atoms with van der Waals surface area (Å²) in [5, 5.41) is 0. The van der Waals surface area contributed by atoms with E-state index in [2.05, 4.69) is 175 Å². The van der Waals surface area contributed by atoms with Crippen molar-refractivity contribution in [3.63, 3.8) is 0 Å². The summed E-state index contributed by atoms with van der Waals surface area (Å²) in [6.45, 7) is 15.8. The Morgan fingerprint density at radius 2 is 1.30 bits per heavy atom. The average molecular weight is 690 g/mol. The van der Waals surface area contributed by atoms with Gasteiger partial charge in [0.05, 0.1) is 22.5 Å². The highest BCUT2D eigenvalue weighted by atomic mass is 79.9. The highest BCUT2D eigenvalue weighted by Crippen LogP contribution is 2.38. The normalized spacial score (nSPS) is 17.3. The van der Waals surface area contributed by atoms with Gasteiger partial charge in [0.2, 0.25) is 0 Å². The van der Waals surface area contributed by atoms with E-state index in [-0.39, 0.29) is 17.3 Å². The Morgan fingerprint density at radius 1 is 0.761 bits per heavy atom. The lowest BCUT2D eigenvalue weighted by Crippen LogP contribution is -2.25. The summed E-state index contributed by atoms with van der Waals surface area (Å²) >= 11 is 3.64. The molecule has 0 saturated heterocycles. The molecule has 3 N–H and O–H groups in total. The third kappa shape index (κ3) is 7.27. The van der Waals surface area contributed by atoms with E-state index in [1.165, 1.54) is 33.8 Å². The van der Waals surface area contributed by atoms with Crippen molar-refractivity contribution >= 4 is 29.7 Å². The lowest BCUT2D eigenvalue weighted by atomic mass is 9.81. The fraction of sp³-hybridized carbons (Fsp3) is 0.325. The third-order valence-electron chi connectivity index (χ3n) is 9.06. The molecule has 5 aromatic rings. The first-order valence-electron chi connectivity index (χ1n) is 16.3. The van der Waals surface area contributed by atoms with Gasteiger partial charge in [-0.2, -0.15) is 0 Å². The number of benzene rings is 2. The molecule has 3 atom stereocenters. The standard InChI is InChI=1S/C40H45BrN4Si/c1-26-8-12-29(13-9-26)38(32-17-16-31(43-32)24-36-40(3,4)25-27(2)42-36)33-18-19-34(44-33)39(35-20-21-37(41)45-35)30-14-10-28(11-15-30)22-23-46(5,6)7/h8-21,36,38-39,43-45H,24-25H2,1-7H3. The monoisotopic (exact) mass is 688 g/mol. The molecule has 0 spiro atoms. The lowest BCUT2D eigenvalue weighted by Gasteiger charge is -2.25. The summed E-state index contributed by atoms with van der Waals surface area (Å²) in [6, 6.07) is 31.2. The highest BCUT2D eigenvalue weighted by molar-refractivity contribution is 9.10. The highest BCUT2D eigenvalue weighted by Gasteiger charge is 2.35. The molecule has 0 saturated carbocycles. The Morgan fingerprint density at radius 3 is 1.85 bits per heavy atom. The van der Waals surface area contributed by atoms with Crippen molar-refractivity contribution in [2.75, 3.05) is 0 Å². The minimum Gasteiger partial charge on any atom is -0.361 e. The number of rotatable bonds is 8. The van der Waals surface area contributed by atoms with Crippen molar-refractivity contribution in [1.29, 1.82) is 0 Å². The zero-order chi connectivity index (χ0) is 32.6. The van der Waals surface area contributed by atoms with Crippen LogP contribution in [-0.4, -0.2) is 34.8 Å². The number of aryl methyl sites for hydroxylation is 1. The predicted octanol–water partition coefficient (Wildman–Crippen LogP) is 10.1. The topological polar surface area (TPSA) is 59.7 Å². The van der Waals surface area contributed by atoms with E-state index in [1.54, 1.807) is 0 Å². The first-order valence-corrected chi connectivity index (χ1v) is 20.6. The molecule has 3 unspecified atom stereocenters. The molecule has 1 aliphatic heterocycles. The molecule has 46 heavy (non-hydrogen) atoms. The van der Waals surface area contributed by atoms with Crippen LogP contribution >= 0.6 is 15.9 Å². The van der Waals surface area contributed by atoms with Crippen molar-refractivity contribution in [3.8, 4) is 11.5 Å². The maximum atomic E-state index is 5.00. The van der Waals surface area contributed by atoms with Crippen LogP contribution in [0.15, 0.2) is 94.5 Å². The summed E-state index contributed by atoms with van der Waals surface area (Å²) in [4.78, 5) is 16.3. The molecule has 0 fully saturated rings. The molecular weight excluding hydrogens is 644 g/mol. The molecule has 0 amide bonds. The summed E-state index contributed by atoms with van der Waals surface area (Å²) in [5.74, 6) is 3.46. The van der Waals surface area contributed by atoms with Crippen molar-refractivity contribution in [1.82, 2.24) is 15.0 Å². The van der Waals surface area contributed by atoms with E-state index in [0.29, 0.717) is 6.04 Å². The fourth-order valence-electron chi connectivity index (χ4n) is 6.69. The van der Waals surface area contributed by atoms with Crippen LogP contribution in [0, 0.1) is 23.8 Å². The van der Waals surface area contributed by atoms with Crippen LogP contribution < -0.4 is 0 Å². The quantitative estimate of drug-likeness (QED) is 0.107. The van der Waals surface area contributed by atoms with Gasteiger partial charge in [0.25, 0.3) is 0 Å². The number of nitrogens with one attached hydrogen (secondary N) is 3. The van der Waals surface area contributed by atoms with Crippen LogP contribution in [0.3, 0.4) is 0 Å². The summed E-state index contributed by atoms with van der Waals surface area (Å²) in [5.41, 5.74) is 15.6. The number of hydrogen-bond acceptors (Lipinski definition) is 1. The van der Waals surface area contributed by atoms with Crippen LogP contribution in [0.4, 0.5) is 0 Å². The number of nitrogens with zero attached hydrogens (tertiary/aromatic N) is 1. The van der Waals surface area contributed by atoms with Gasteiger partial charge in [-0.25, -0.2) is 0 Å². The van der Waals surface area contributed by atoms with Crippen molar-refractivity contribution in [2.24, 2.45) is 10.4 Å².